The summed E-state index contributed by atoms with van der Waals surface area (Å²) < 4.78 is 9.98. The molecule has 0 saturated carbocycles. The molecule has 1 aromatic heterocycles. The fraction of sp³-hybridized carbons (Fsp3) is 0.500. The molecule has 1 heterocycles. The van der Waals surface area contributed by atoms with Crippen LogP contribution < -0.4 is 0 Å². The van der Waals surface area contributed by atoms with Crippen LogP contribution in [0.15, 0.2) is 12.1 Å². The Morgan fingerprint density at radius 1 is 1.09 bits per heavy atom. The Morgan fingerprint density at radius 3 is 1.91 bits per heavy atom. The summed E-state index contributed by atoms with van der Waals surface area (Å²) in [6, 6.07) is 4.14. The van der Waals surface area contributed by atoms with Gasteiger partial charge in [-0.15, -0.1) is 11.3 Å². The molecule has 0 aliphatic carbocycles. The number of thiophene rings is 1. The summed E-state index contributed by atoms with van der Waals surface area (Å²) >= 11 is 1.73. The van der Waals surface area contributed by atoms with Crippen molar-refractivity contribution in [2.45, 2.75) is 13.2 Å². The lowest BCUT2D eigenvalue weighted by molar-refractivity contribution is 0.186. The van der Waals surface area contributed by atoms with E-state index in [2.05, 4.69) is 12.1 Å². The molecule has 0 saturated heterocycles. The summed E-state index contributed by atoms with van der Waals surface area (Å²) in [6.07, 6.45) is 0. The van der Waals surface area contributed by atoms with Gasteiger partial charge in [0, 0.05) is 24.0 Å². The van der Waals surface area contributed by atoms with Gasteiger partial charge in [-0.1, -0.05) is 0 Å². The lowest BCUT2D eigenvalue weighted by Crippen LogP contribution is -1.81. The van der Waals surface area contributed by atoms with Gasteiger partial charge in [0.2, 0.25) is 0 Å². The van der Waals surface area contributed by atoms with Crippen molar-refractivity contribution < 1.29 is 9.47 Å². The molecule has 0 spiro atoms. The number of hydrogen-bond donors (Lipinski definition) is 0. The maximum atomic E-state index is 4.99. The molecule has 0 atom stereocenters. The van der Waals surface area contributed by atoms with E-state index in [1.807, 2.05) is 0 Å². The molecule has 0 fully saturated rings. The van der Waals surface area contributed by atoms with Gasteiger partial charge in [-0.25, -0.2) is 0 Å². The average molecular weight is 172 g/mol. The molecule has 0 radical (unpaired) electrons. The minimum atomic E-state index is 0.703. The van der Waals surface area contributed by atoms with Gasteiger partial charge < -0.3 is 9.47 Å². The molecule has 0 N–H and O–H groups in total. The van der Waals surface area contributed by atoms with Crippen LogP contribution in [-0.4, -0.2) is 14.2 Å². The zero-order valence-corrected chi connectivity index (χ0v) is 7.61. The summed E-state index contributed by atoms with van der Waals surface area (Å²) in [5, 5.41) is 0. The van der Waals surface area contributed by atoms with Gasteiger partial charge in [-0.05, 0) is 12.1 Å². The van der Waals surface area contributed by atoms with Gasteiger partial charge in [-0.3, -0.25) is 0 Å². The predicted octanol–water partition coefficient (Wildman–Crippen LogP) is 2.04. The van der Waals surface area contributed by atoms with Gasteiger partial charge >= 0.3 is 0 Å². The molecule has 1 aromatic rings. The maximum Gasteiger partial charge on any atom is 0.0805 e. The van der Waals surface area contributed by atoms with Crippen molar-refractivity contribution >= 4 is 11.3 Å². The number of hydrogen-bond acceptors (Lipinski definition) is 3. The monoisotopic (exact) mass is 172 g/mol. The summed E-state index contributed by atoms with van der Waals surface area (Å²) in [6.45, 7) is 1.41. The minimum Gasteiger partial charge on any atom is -0.379 e. The van der Waals surface area contributed by atoms with E-state index < -0.39 is 0 Å². The fourth-order valence-corrected chi connectivity index (χ4v) is 1.82. The van der Waals surface area contributed by atoms with E-state index in [-0.39, 0.29) is 0 Å². The molecule has 3 heteroatoms. The van der Waals surface area contributed by atoms with Gasteiger partial charge in [0.05, 0.1) is 13.2 Å². The van der Waals surface area contributed by atoms with Gasteiger partial charge in [0.15, 0.2) is 0 Å². The molecule has 0 aliphatic rings. The number of methoxy groups -OCH3 is 2. The maximum absolute atomic E-state index is 4.99. The molecule has 0 aliphatic heterocycles. The van der Waals surface area contributed by atoms with Crippen LogP contribution in [0, 0.1) is 0 Å². The molecule has 0 unspecified atom stereocenters. The number of ether oxygens (including phenoxy) is 2. The van der Waals surface area contributed by atoms with Crippen LogP contribution in [0.25, 0.3) is 0 Å². The summed E-state index contributed by atoms with van der Waals surface area (Å²) in [4.78, 5) is 2.50. The van der Waals surface area contributed by atoms with E-state index in [4.69, 9.17) is 9.47 Å². The molecule has 0 aromatic carbocycles. The Morgan fingerprint density at radius 2 is 1.55 bits per heavy atom. The van der Waals surface area contributed by atoms with Crippen molar-refractivity contribution in [3.63, 3.8) is 0 Å². The summed E-state index contributed by atoms with van der Waals surface area (Å²) in [7, 11) is 3.41. The first kappa shape index (κ1) is 8.71. The Hall–Kier alpha value is -0.380. The second kappa shape index (κ2) is 4.49. The van der Waals surface area contributed by atoms with Crippen LogP contribution in [0.2, 0.25) is 0 Å². The summed E-state index contributed by atoms with van der Waals surface area (Å²) in [5.41, 5.74) is 0. The fourth-order valence-electron chi connectivity index (χ4n) is 0.862. The first-order valence-corrected chi connectivity index (χ1v) is 4.24. The minimum absolute atomic E-state index is 0.703. The Labute approximate surface area is 70.8 Å². The highest BCUT2D eigenvalue weighted by Gasteiger charge is 1.97. The Kier molecular flexibility index (Phi) is 3.56. The lowest BCUT2D eigenvalue weighted by Gasteiger charge is -1.92. The van der Waals surface area contributed by atoms with Gasteiger partial charge in [0.1, 0.15) is 0 Å². The third-order valence-corrected chi connectivity index (χ3v) is 2.32. The van der Waals surface area contributed by atoms with E-state index in [9.17, 15) is 0 Å². The van der Waals surface area contributed by atoms with E-state index >= 15 is 0 Å². The summed E-state index contributed by atoms with van der Waals surface area (Å²) in [5.74, 6) is 0. The average Bonchev–Trinajstić information content (AvgIpc) is 2.38. The third kappa shape index (κ3) is 2.61. The van der Waals surface area contributed by atoms with Crippen LogP contribution in [0.1, 0.15) is 9.75 Å². The van der Waals surface area contributed by atoms with Gasteiger partial charge in [0.25, 0.3) is 0 Å². The third-order valence-electron chi connectivity index (χ3n) is 1.29. The van der Waals surface area contributed by atoms with Crippen LogP contribution >= 0.6 is 11.3 Å². The van der Waals surface area contributed by atoms with Gasteiger partial charge in [-0.2, -0.15) is 0 Å². The standard InChI is InChI=1S/C8H12O2S/c1-9-5-7-3-4-8(11-7)6-10-2/h3-4H,5-6H2,1-2H3. The second-order valence-electron chi connectivity index (χ2n) is 2.23. The molecule has 2 nitrogen and oxygen atoms in total. The largest absolute Gasteiger partial charge is 0.379 e. The zero-order valence-electron chi connectivity index (χ0n) is 6.79. The molecule has 0 bridgehead atoms. The van der Waals surface area contributed by atoms with Crippen molar-refractivity contribution in [1.29, 1.82) is 0 Å². The molecular weight excluding hydrogens is 160 g/mol. The predicted molar refractivity (Wildman–Crippen MR) is 45.7 cm³/mol. The quantitative estimate of drug-likeness (QED) is 0.692. The van der Waals surface area contributed by atoms with Crippen molar-refractivity contribution in [3.8, 4) is 0 Å². The van der Waals surface area contributed by atoms with E-state index in [1.54, 1.807) is 25.6 Å². The Balaban J connectivity index is 2.51. The molecule has 11 heavy (non-hydrogen) atoms. The first-order chi connectivity index (χ1) is 5.36. The highest BCUT2D eigenvalue weighted by atomic mass is 32.1. The van der Waals surface area contributed by atoms with Crippen molar-refractivity contribution in [2.75, 3.05) is 14.2 Å². The lowest BCUT2D eigenvalue weighted by atomic mass is 10.4. The SMILES string of the molecule is COCc1ccc(COC)s1. The normalized spacial score (nSPS) is 10.4. The smallest absolute Gasteiger partial charge is 0.0805 e. The van der Waals surface area contributed by atoms with E-state index in [0.29, 0.717) is 13.2 Å². The highest BCUT2D eigenvalue weighted by molar-refractivity contribution is 7.11. The van der Waals surface area contributed by atoms with Crippen molar-refractivity contribution in [2.24, 2.45) is 0 Å². The van der Waals surface area contributed by atoms with E-state index in [1.165, 1.54) is 9.75 Å². The first-order valence-electron chi connectivity index (χ1n) is 3.42. The van der Waals surface area contributed by atoms with Crippen molar-refractivity contribution in [1.82, 2.24) is 0 Å². The molecule has 62 valence electrons. The molecule has 0 amide bonds. The van der Waals surface area contributed by atoms with Crippen LogP contribution in [0.3, 0.4) is 0 Å². The van der Waals surface area contributed by atoms with Crippen LogP contribution in [0.4, 0.5) is 0 Å². The van der Waals surface area contributed by atoms with Crippen LogP contribution in [0.5, 0.6) is 0 Å². The molecular formula is C8H12O2S. The topological polar surface area (TPSA) is 18.5 Å². The zero-order chi connectivity index (χ0) is 8.10. The second-order valence-corrected chi connectivity index (χ2v) is 3.49. The Bertz CT molecular complexity index is 187. The highest BCUT2D eigenvalue weighted by Crippen LogP contribution is 2.17. The van der Waals surface area contributed by atoms with Crippen molar-refractivity contribution in [3.05, 3.63) is 21.9 Å². The molecule has 1 rings (SSSR count). The van der Waals surface area contributed by atoms with E-state index in [0.717, 1.165) is 0 Å². The van der Waals surface area contributed by atoms with Crippen LogP contribution in [-0.2, 0) is 22.7 Å². The number of rotatable bonds is 4.